The Morgan fingerprint density at radius 1 is 1.19 bits per heavy atom. The largest absolute Gasteiger partial charge is 0.346 e. The Kier molecular flexibility index (Phi) is 8.53. The Morgan fingerprint density at radius 3 is 2.42 bits per heavy atom. The first kappa shape index (κ1) is 24.8. The molecule has 6 nitrogen and oxygen atoms in total. The Labute approximate surface area is 186 Å². The molecule has 2 N–H and O–H groups in total. The lowest BCUT2D eigenvalue weighted by atomic mass is 9.97. The van der Waals surface area contributed by atoms with E-state index < -0.39 is 14.8 Å². The molecule has 168 valence electrons. The zero-order valence-electron chi connectivity index (χ0n) is 18.8. The van der Waals surface area contributed by atoms with E-state index in [2.05, 4.69) is 27.7 Å². The van der Waals surface area contributed by atoms with Gasteiger partial charge in [-0.05, 0) is 64.2 Å². The van der Waals surface area contributed by atoms with Crippen LogP contribution in [-0.2, 0) is 14.8 Å². The molecular formula is C24H33N3O3S. The Bertz CT molecular complexity index is 974. The Hall–Kier alpha value is -2.51. The fourth-order valence-electron chi connectivity index (χ4n) is 2.96. The fourth-order valence-corrected chi connectivity index (χ4v) is 3.89. The van der Waals surface area contributed by atoms with E-state index in [1.54, 1.807) is 51.4 Å². The van der Waals surface area contributed by atoms with E-state index in [0.717, 1.165) is 17.6 Å². The molecule has 1 amide bonds. The van der Waals surface area contributed by atoms with Gasteiger partial charge >= 0.3 is 0 Å². The summed E-state index contributed by atoms with van der Waals surface area (Å²) in [7, 11) is -3.44. The molecule has 0 aromatic rings. The molecule has 2 unspecified atom stereocenters. The highest BCUT2D eigenvalue weighted by molar-refractivity contribution is 7.90. The molecule has 0 radical (unpaired) electrons. The van der Waals surface area contributed by atoms with Gasteiger partial charge in [0.2, 0.25) is 10.0 Å². The summed E-state index contributed by atoms with van der Waals surface area (Å²) in [5.41, 5.74) is 2.67. The smallest absolute Gasteiger partial charge is 0.251 e. The molecule has 0 aromatic heterocycles. The van der Waals surface area contributed by atoms with Crippen molar-refractivity contribution in [2.75, 3.05) is 0 Å². The van der Waals surface area contributed by atoms with Crippen LogP contribution in [0.25, 0.3) is 0 Å². The lowest BCUT2D eigenvalue weighted by Crippen LogP contribution is -2.44. The molecule has 2 aliphatic rings. The van der Waals surface area contributed by atoms with Crippen LogP contribution in [0.3, 0.4) is 0 Å². The van der Waals surface area contributed by atoms with Gasteiger partial charge in [-0.1, -0.05) is 43.0 Å². The van der Waals surface area contributed by atoms with E-state index in [-0.39, 0.29) is 18.0 Å². The summed E-state index contributed by atoms with van der Waals surface area (Å²) in [5.74, 6) is -0.162. The fraction of sp³-hybridized carbons (Fsp3) is 0.417. The summed E-state index contributed by atoms with van der Waals surface area (Å²) >= 11 is 0. The first-order chi connectivity index (χ1) is 14.5. The van der Waals surface area contributed by atoms with E-state index >= 15 is 0 Å². The quantitative estimate of drug-likeness (QED) is 0.441. The molecule has 0 saturated carbocycles. The van der Waals surface area contributed by atoms with Gasteiger partial charge in [-0.2, -0.15) is 0 Å². The highest BCUT2D eigenvalue weighted by atomic mass is 32.2. The van der Waals surface area contributed by atoms with E-state index in [0.29, 0.717) is 18.4 Å². The van der Waals surface area contributed by atoms with Crippen molar-refractivity contribution in [3.8, 4) is 0 Å². The molecule has 7 heteroatoms. The second kappa shape index (κ2) is 10.7. The first-order valence-corrected chi connectivity index (χ1v) is 11.9. The first-order valence-electron chi connectivity index (χ1n) is 10.4. The number of carbonyl (C=O) groups is 1. The Morgan fingerprint density at radius 2 is 1.87 bits per heavy atom. The number of carbonyl (C=O) groups excluding carboxylic acids is 1. The van der Waals surface area contributed by atoms with Crippen molar-refractivity contribution in [3.05, 3.63) is 72.0 Å². The average Bonchev–Trinajstić information content (AvgIpc) is 2.69. The third kappa shape index (κ3) is 7.60. The van der Waals surface area contributed by atoms with E-state index in [4.69, 9.17) is 0 Å². The van der Waals surface area contributed by atoms with Gasteiger partial charge in [0, 0.05) is 24.0 Å². The number of amides is 1. The van der Waals surface area contributed by atoms with Crippen molar-refractivity contribution in [2.24, 2.45) is 4.99 Å². The summed E-state index contributed by atoms with van der Waals surface area (Å²) in [5, 5.41) is 3.01. The highest BCUT2D eigenvalue weighted by Gasteiger charge is 2.31. The number of aliphatic imine (C=N–C) groups is 1. The minimum absolute atomic E-state index is 0.0730. The number of nitrogens with zero attached hydrogens (tertiary/aromatic N) is 1. The molecule has 2 rings (SSSR count). The molecule has 2 aliphatic carbocycles. The number of hydrogen-bond donors (Lipinski definition) is 2. The van der Waals surface area contributed by atoms with Gasteiger partial charge in [-0.15, -0.1) is 0 Å². The molecule has 0 heterocycles. The van der Waals surface area contributed by atoms with E-state index in [1.165, 1.54) is 0 Å². The lowest BCUT2D eigenvalue weighted by Gasteiger charge is -2.25. The van der Waals surface area contributed by atoms with Gasteiger partial charge in [-0.3, -0.25) is 9.79 Å². The van der Waals surface area contributed by atoms with Crippen LogP contribution in [0.2, 0.25) is 0 Å². The van der Waals surface area contributed by atoms with Crippen LogP contribution in [0.1, 0.15) is 47.0 Å². The maximum absolute atomic E-state index is 12.6. The summed E-state index contributed by atoms with van der Waals surface area (Å²) in [4.78, 5) is 16.6. The SMILES string of the molecule is C=C(/C=C\N=CC)CC1=CCC(NC(=O)C2=CCC(NS(=O)(=O)C(C)(C)C)C=C2)C=C1. The summed E-state index contributed by atoms with van der Waals surface area (Å²) in [6, 6.07) is -0.415. The normalized spacial score (nSPS) is 21.9. The van der Waals surface area contributed by atoms with Crippen molar-refractivity contribution in [1.29, 1.82) is 0 Å². The predicted molar refractivity (Wildman–Crippen MR) is 128 cm³/mol. The zero-order valence-corrected chi connectivity index (χ0v) is 19.6. The predicted octanol–water partition coefficient (Wildman–Crippen LogP) is 3.88. The average molecular weight is 444 g/mol. The summed E-state index contributed by atoms with van der Waals surface area (Å²) < 4.78 is 26.4. The van der Waals surface area contributed by atoms with Crippen molar-refractivity contribution in [2.45, 2.75) is 63.8 Å². The minimum atomic E-state index is -3.44. The molecule has 0 aliphatic heterocycles. The van der Waals surface area contributed by atoms with Gasteiger partial charge < -0.3 is 5.32 Å². The molecule has 31 heavy (non-hydrogen) atoms. The molecule has 0 aromatic carbocycles. The number of nitrogens with one attached hydrogen (secondary N) is 2. The van der Waals surface area contributed by atoms with Crippen molar-refractivity contribution < 1.29 is 13.2 Å². The third-order valence-electron chi connectivity index (χ3n) is 4.94. The van der Waals surface area contributed by atoms with Crippen LogP contribution in [0, 0.1) is 0 Å². The number of sulfonamides is 1. The monoisotopic (exact) mass is 443 g/mol. The molecule has 2 atom stereocenters. The van der Waals surface area contributed by atoms with Crippen LogP contribution in [0.15, 0.2) is 77.0 Å². The maximum Gasteiger partial charge on any atom is 0.251 e. The second-order valence-electron chi connectivity index (χ2n) is 8.61. The van der Waals surface area contributed by atoms with Crippen molar-refractivity contribution in [3.63, 3.8) is 0 Å². The Balaban J connectivity index is 1.83. The molecular weight excluding hydrogens is 410 g/mol. The lowest BCUT2D eigenvalue weighted by molar-refractivity contribution is -0.117. The third-order valence-corrected chi connectivity index (χ3v) is 7.17. The van der Waals surface area contributed by atoms with Gasteiger partial charge in [0.25, 0.3) is 5.91 Å². The van der Waals surface area contributed by atoms with Crippen LogP contribution >= 0.6 is 0 Å². The second-order valence-corrected chi connectivity index (χ2v) is 11.1. The van der Waals surface area contributed by atoms with Crippen molar-refractivity contribution in [1.82, 2.24) is 10.0 Å². The van der Waals surface area contributed by atoms with Gasteiger partial charge in [0.15, 0.2) is 0 Å². The van der Waals surface area contributed by atoms with Gasteiger partial charge in [-0.25, -0.2) is 13.1 Å². The summed E-state index contributed by atoms with van der Waals surface area (Å²) in [6.07, 6.45) is 18.5. The highest BCUT2D eigenvalue weighted by Crippen LogP contribution is 2.20. The number of hydrogen-bond acceptors (Lipinski definition) is 4. The van der Waals surface area contributed by atoms with Crippen LogP contribution in [-0.4, -0.2) is 37.4 Å². The van der Waals surface area contributed by atoms with Gasteiger partial charge in [0.1, 0.15) is 0 Å². The standard InChI is InChI=1S/C24H33N3O3S/c1-6-25-16-15-18(2)17-19-7-11-21(12-8-19)26-23(28)20-9-13-22(14-10-20)27-31(29,30)24(3,4)5/h6-11,13,15-16,21-22,27H,2,12,14,17H2,1,3-5H3,(H,26,28)/b16-15-,25-6?. The topological polar surface area (TPSA) is 87.6 Å². The number of rotatable bonds is 8. The molecule has 0 spiro atoms. The van der Waals surface area contributed by atoms with E-state index in [9.17, 15) is 13.2 Å². The van der Waals surface area contributed by atoms with Crippen LogP contribution in [0.4, 0.5) is 0 Å². The zero-order chi connectivity index (χ0) is 23.1. The van der Waals surface area contributed by atoms with Crippen LogP contribution in [0.5, 0.6) is 0 Å². The summed E-state index contributed by atoms with van der Waals surface area (Å²) in [6.45, 7) is 10.9. The van der Waals surface area contributed by atoms with Crippen molar-refractivity contribution >= 4 is 22.1 Å². The van der Waals surface area contributed by atoms with Gasteiger partial charge in [0.05, 0.1) is 10.8 Å². The molecule has 0 saturated heterocycles. The molecule has 0 fully saturated rings. The minimum Gasteiger partial charge on any atom is -0.346 e. The van der Waals surface area contributed by atoms with E-state index in [1.807, 2.05) is 25.2 Å². The maximum atomic E-state index is 12.6. The molecule has 0 bridgehead atoms. The number of allylic oxidation sites excluding steroid dienone is 4. The van der Waals surface area contributed by atoms with Crippen LogP contribution < -0.4 is 10.0 Å².